The van der Waals surface area contributed by atoms with Gasteiger partial charge in [-0.2, -0.15) is 0 Å². The van der Waals surface area contributed by atoms with Gasteiger partial charge in [-0.1, -0.05) is 6.07 Å². The van der Waals surface area contributed by atoms with Crippen LogP contribution in [0.25, 0.3) is 0 Å². The average molecular weight is 206 g/mol. The molecule has 0 aliphatic rings. The molecule has 80 valence electrons. The molecule has 15 heavy (non-hydrogen) atoms. The first kappa shape index (κ1) is 11.4. The van der Waals surface area contributed by atoms with E-state index in [0.717, 1.165) is 23.0 Å². The van der Waals surface area contributed by atoms with Crippen LogP contribution >= 0.6 is 0 Å². The van der Waals surface area contributed by atoms with Gasteiger partial charge >= 0.3 is 5.97 Å². The molecule has 0 saturated carbocycles. The van der Waals surface area contributed by atoms with Gasteiger partial charge in [-0.25, -0.2) is 0 Å². The molecule has 3 heteroatoms. The molecule has 0 aliphatic heterocycles. The van der Waals surface area contributed by atoms with Crippen LogP contribution in [-0.4, -0.2) is 19.4 Å². The quantitative estimate of drug-likeness (QED) is 0.559. The van der Waals surface area contributed by atoms with Crippen LogP contribution < -0.4 is 0 Å². The number of ether oxygens (including phenoxy) is 1. The SMILES string of the molecule is COC(=O)Cc1cc(C=O)c(C)cc1C. The van der Waals surface area contributed by atoms with E-state index in [4.69, 9.17) is 0 Å². The molecule has 0 bridgehead atoms. The van der Waals surface area contributed by atoms with Crippen molar-refractivity contribution >= 4 is 12.3 Å². The molecule has 0 fully saturated rings. The van der Waals surface area contributed by atoms with E-state index in [9.17, 15) is 9.59 Å². The van der Waals surface area contributed by atoms with Crippen molar-refractivity contribution in [3.63, 3.8) is 0 Å². The molecule has 0 radical (unpaired) electrons. The number of hydrogen-bond donors (Lipinski definition) is 0. The van der Waals surface area contributed by atoms with Crippen LogP contribution in [0.4, 0.5) is 0 Å². The van der Waals surface area contributed by atoms with Crippen LogP contribution in [0, 0.1) is 13.8 Å². The highest BCUT2D eigenvalue weighted by molar-refractivity contribution is 5.79. The Morgan fingerprint density at radius 1 is 1.33 bits per heavy atom. The summed E-state index contributed by atoms with van der Waals surface area (Å²) < 4.78 is 4.59. The number of methoxy groups -OCH3 is 1. The summed E-state index contributed by atoms with van der Waals surface area (Å²) in [5.41, 5.74) is 3.40. The summed E-state index contributed by atoms with van der Waals surface area (Å²) in [7, 11) is 1.35. The van der Waals surface area contributed by atoms with Gasteiger partial charge in [0.15, 0.2) is 0 Å². The van der Waals surface area contributed by atoms with E-state index >= 15 is 0 Å². The number of benzene rings is 1. The summed E-state index contributed by atoms with van der Waals surface area (Å²) in [6.07, 6.45) is 1.01. The van der Waals surface area contributed by atoms with E-state index in [1.807, 2.05) is 19.9 Å². The number of carbonyl (C=O) groups excluding carboxylic acids is 2. The monoisotopic (exact) mass is 206 g/mol. The maximum atomic E-state index is 11.1. The summed E-state index contributed by atoms with van der Waals surface area (Å²) in [6, 6.07) is 3.65. The van der Waals surface area contributed by atoms with Crippen molar-refractivity contribution in [2.75, 3.05) is 7.11 Å². The van der Waals surface area contributed by atoms with Gasteiger partial charge in [-0.15, -0.1) is 0 Å². The van der Waals surface area contributed by atoms with E-state index in [2.05, 4.69) is 4.74 Å². The Morgan fingerprint density at radius 3 is 2.53 bits per heavy atom. The van der Waals surface area contributed by atoms with Crippen LogP contribution in [0.5, 0.6) is 0 Å². The maximum Gasteiger partial charge on any atom is 0.309 e. The minimum atomic E-state index is -0.293. The van der Waals surface area contributed by atoms with Gasteiger partial charge < -0.3 is 4.74 Å². The fourth-order valence-corrected chi connectivity index (χ4v) is 1.46. The molecule has 0 spiro atoms. The third-order valence-corrected chi connectivity index (χ3v) is 2.41. The van der Waals surface area contributed by atoms with E-state index < -0.39 is 0 Å². The summed E-state index contributed by atoms with van der Waals surface area (Å²) in [5, 5.41) is 0. The smallest absolute Gasteiger partial charge is 0.309 e. The average Bonchev–Trinajstić information content (AvgIpc) is 2.21. The van der Waals surface area contributed by atoms with E-state index in [1.54, 1.807) is 6.07 Å². The highest BCUT2D eigenvalue weighted by Gasteiger charge is 2.08. The number of aryl methyl sites for hydroxylation is 2. The molecule has 0 N–H and O–H groups in total. The zero-order valence-corrected chi connectivity index (χ0v) is 9.16. The lowest BCUT2D eigenvalue weighted by Gasteiger charge is -2.07. The lowest BCUT2D eigenvalue weighted by Crippen LogP contribution is -2.06. The maximum absolute atomic E-state index is 11.1. The number of carbonyl (C=O) groups is 2. The number of esters is 1. The van der Waals surface area contributed by atoms with Gasteiger partial charge in [0.2, 0.25) is 0 Å². The topological polar surface area (TPSA) is 43.4 Å². The first-order valence-corrected chi connectivity index (χ1v) is 4.70. The first-order chi connectivity index (χ1) is 7.08. The Hall–Kier alpha value is -1.64. The van der Waals surface area contributed by atoms with E-state index in [0.29, 0.717) is 5.56 Å². The van der Waals surface area contributed by atoms with Crippen LogP contribution in [0.2, 0.25) is 0 Å². The van der Waals surface area contributed by atoms with Crippen molar-refractivity contribution in [3.8, 4) is 0 Å². The Bertz CT molecular complexity index is 394. The number of hydrogen-bond acceptors (Lipinski definition) is 3. The minimum Gasteiger partial charge on any atom is -0.469 e. The number of rotatable bonds is 3. The Balaban J connectivity index is 3.07. The van der Waals surface area contributed by atoms with Crippen LogP contribution in [0.15, 0.2) is 12.1 Å². The highest BCUT2D eigenvalue weighted by atomic mass is 16.5. The number of aldehydes is 1. The predicted molar refractivity (Wildman–Crippen MR) is 57.0 cm³/mol. The summed E-state index contributed by atoms with van der Waals surface area (Å²) in [6.45, 7) is 3.79. The van der Waals surface area contributed by atoms with Gasteiger partial charge in [0.1, 0.15) is 6.29 Å². The summed E-state index contributed by atoms with van der Waals surface area (Å²) in [4.78, 5) is 21.8. The third kappa shape index (κ3) is 2.65. The van der Waals surface area contributed by atoms with Crippen molar-refractivity contribution in [3.05, 3.63) is 34.4 Å². The second-order valence-electron chi connectivity index (χ2n) is 3.51. The zero-order valence-electron chi connectivity index (χ0n) is 9.16. The van der Waals surface area contributed by atoms with Crippen LogP contribution in [0.1, 0.15) is 27.0 Å². The largest absolute Gasteiger partial charge is 0.469 e. The summed E-state index contributed by atoms with van der Waals surface area (Å²) >= 11 is 0. The Morgan fingerprint density at radius 2 is 2.00 bits per heavy atom. The van der Waals surface area contributed by atoms with Crippen LogP contribution in [0.3, 0.4) is 0 Å². The molecule has 0 aliphatic carbocycles. The molecule has 1 rings (SSSR count). The van der Waals surface area contributed by atoms with Crippen molar-refractivity contribution in [1.82, 2.24) is 0 Å². The molecular formula is C12H14O3. The third-order valence-electron chi connectivity index (χ3n) is 2.41. The molecule has 0 unspecified atom stereocenters. The minimum absolute atomic E-state index is 0.212. The second kappa shape index (κ2) is 4.73. The van der Waals surface area contributed by atoms with Gasteiger partial charge in [0, 0.05) is 5.56 Å². The van der Waals surface area contributed by atoms with Gasteiger partial charge in [-0.3, -0.25) is 9.59 Å². The van der Waals surface area contributed by atoms with Crippen molar-refractivity contribution < 1.29 is 14.3 Å². The molecule has 1 aromatic rings. The van der Waals surface area contributed by atoms with Gasteiger partial charge in [0.05, 0.1) is 13.5 Å². The molecule has 1 aromatic carbocycles. The summed E-state index contributed by atoms with van der Waals surface area (Å²) in [5.74, 6) is -0.293. The van der Waals surface area contributed by atoms with Gasteiger partial charge in [0.25, 0.3) is 0 Å². The normalized spacial score (nSPS) is 9.80. The van der Waals surface area contributed by atoms with Crippen LogP contribution in [-0.2, 0) is 16.0 Å². The Kier molecular flexibility index (Phi) is 3.61. The first-order valence-electron chi connectivity index (χ1n) is 4.70. The molecule has 0 heterocycles. The predicted octanol–water partition coefficient (Wildman–Crippen LogP) is 1.83. The zero-order chi connectivity index (χ0) is 11.4. The lowest BCUT2D eigenvalue weighted by atomic mass is 9.99. The standard InChI is InChI=1S/C12H14O3/c1-8-4-9(2)11(7-13)5-10(8)6-12(14)15-3/h4-5,7H,6H2,1-3H3. The second-order valence-corrected chi connectivity index (χ2v) is 3.51. The van der Waals surface area contributed by atoms with E-state index in [-0.39, 0.29) is 12.4 Å². The molecular weight excluding hydrogens is 192 g/mol. The fourth-order valence-electron chi connectivity index (χ4n) is 1.46. The van der Waals surface area contributed by atoms with Gasteiger partial charge in [-0.05, 0) is 36.6 Å². The fraction of sp³-hybridized carbons (Fsp3) is 0.333. The van der Waals surface area contributed by atoms with E-state index in [1.165, 1.54) is 7.11 Å². The molecule has 3 nitrogen and oxygen atoms in total. The molecule has 0 atom stereocenters. The van der Waals surface area contributed by atoms with Crippen molar-refractivity contribution in [2.45, 2.75) is 20.3 Å². The molecule has 0 aromatic heterocycles. The molecule has 0 amide bonds. The Labute approximate surface area is 89.1 Å². The van der Waals surface area contributed by atoms with Crippen molar-refractivity contribution in [1.29, 1.82) is 0 Å². The highest BCUT2D eigenvalue weighted by Crippen LogP contribution is 2.15. The van der Waals surface area contributed by atoms with Crippen molar-refractivity contribution in [2.24, 2.45) is 0 Å². The lowest BCUT2D eigenvalue weighted by molar-refractivity contribution is -0.139. The molecule has 0 saturated heterocycles.